The molecule has 0 atom stereocenters. The van der Waals surface area contributed by atoms with Crippen molar-refractivity contribution in [3.8, 4) is 0 Å². The first-order valence-corrected chi connectivity index (χ1v) is 10.8. The number of aromatic nitrogens is 2. The number of nitrogens with one attached hydrogen (secondary N) is 2. The van der Waals surface area contributed by atoms with Crippen LogP contribution in [0.5, 0.6) is 0 Å². The molecule has 0 spiro atoms. The van der Waals surface area contributed by atoms with Crippen LogP contribution in [0.25, 0.3) is 0 Å². The molecule has 8 nitrogen and oxygen atoms in total. The fourth-order valence-corrected chi connectivity index (χ4v) is 3.58. The maximum Gasteiger partial charge on any atom is 0.230 e. The molecule has 0 saturated carbocycles. The second-order valence-corrected chi connectivity index (χ2v) is 7.97. The van der Waals surface area contributed by atoms with Crippen LogP contribution in [-0.4, -0.2) is 29.7 Å². The van der Waals surface area contributed by atoms with Crippen molar-refractivity contribution in [2.45, 2.75) is 38.5 Å². The number of unbranched alkanes of at least 4 members (excludes halogenated alkanes) is 1. The number of hydrogen-bond acceptors (Lipinski definition) is 8. The van der Waals surface area contributed by atoms with E-state index in [1.165, 1.54) is 11.3 Å². The largest absolute Gasteiger partial charge is 0.402 e. The number of anilines is 1. The number of nitrogens with two attached hydrogens (primary N) is 3. The Bertz CT molecular complexity index is 876. The molecule has 0 aliphatic heterocycles. The average Bonchev–Trinajstić information content (AvgIpc) is 3.16. The Morgan fingerprint density at radius 3 is 2.70 bits per heavy atom. The summed E-state index contributed by atoms with van der Waals surface area (Å²) in [5.41, 5.74) is 20.1. The minimum atomic E-state index is -0.102. The highest BCUT2D eigenvalue weighted by atomic mass is 32.1. The first-order valence-electron chi connectivity index (χ1n) is 10.00. The van der Waals surface area contributed by atoms with Gasteiger partial charge in [0.25, 0.3) is 0 Å². The molecule has 1 aromatic heterocycles. The van der Waals surface area contributed by atoms with Crippen molar-refractivity contribution in [1.82, 2.24) is 15.5 Å². The third-order valence-electron chi connectivity index (χ3n) is 4.37. The van der Waals surface area contributed by atoms with E-state index in [2.05, 4.69) is 20.8 Å². The van der Waals surface area contributed by atoms with Crippen molar-refractivity contribution in [1.29, 1.82) is 0 Å². The van der Waals surface area contributed by atoms with Crippen molar-refractivity contribution < 1.29 is 4.79 Å². The molecule has 1 amide bonds. The van der Waals surface area contributed by atoms with Crippen molar-refractivity contribution in [2.24, 2.45) is 17.2 Å². The number of allylic oxidation sites excluding steroid dienone is 3. The van der Waals surface area contributed by atoms with Crippen molar-refractivity contribution in [3.05, 3.63) is 64.1 Å². The van der Waals surface area contributed by atoms with Crippen LogP contribution in [0.1, 0.15) is 35.4 Å². The summed E-state index contributed by atoms with van der Waals surface area (Å²) in [5.74, 6) is 0.471. The third kappa shape index (κ3) is 8.62. The van der Waals surface area contributed by atoms with E-state index in [0.29, 0.717) is 23.9 Å². The van der Waals surface area contributed by atoms with E-state index in [0.717, 1.165) is 53.9 Å². The normalized spacial score (nSPS) is 12.1. The highest BCUT2D eigenvalue weighted by Crippen LogP contribution is 2.18. The van der Waals surface area contributed by atoms with E-state index in [-0.39, 0.29) is 5.91 Å². The number of carbonyl (C=O) groups excluding carboxylic acids is 1. The number of rotatable bonds is 12. The van der Waals surface area contributed by atoms with Crippen LogP contribution in [0.15, 0.2) is 47.9 Å². The zero-order chi connectivity index (χ0) is 21.8. The van der Waals surface area contributed by atoms with Gasteiger partial charge in [0.1, 0.15) is 5.01 Å². The zero-order valence-electron chi connectivity index (χ0n) is 17.4. The number of amides is 1. The van der Waals surface area contributed by atoms with Gasteiger partial charge in [-0.2, -0.15) is 0 Å². The Morgan fingerprint density at radius 2 is 1.93 bits per heavy atom. The SMILES string of the molecule is CN/C(N)=C/C=C(\N)CCCCc1nnc(NC(=O)Cc2cccc(CCN)c2)s1. The maximum atomic E-state index is 12.3. The second kappa shape index (κ2) is 12.6. The quantitative estimate of drug-likeness (QED) is 0.255. The number of nitrogens with zero attached hydrogens (tertiary/aromatic N) is 2. The highest BCUT2D eigenvalue weighted by Gasteiger charge is 2.09. The van der Waals surface area contributed by atoms with E-state index in [1.807, 2.05) is 30.3 Å². The molecule has 0 saturated heterocycles. The predicted molar refractivity (Wildman–Crippen MR) is 123 cm³/mol. The van der Waals surface area contributed by atoms with Gasteiger partial charge in [0.05, 0.1) is 12.2 Å². The highest BCUT2D eigenvalue weighted by molar-refractivity contribution is 7.15. The Balaban J connectivity index is 1.74. The molecular formula is C21H31N7OS. The molecule has 0 bridgehead atoms. The Morgan fingerprint density at radius 1 is 1.13 bits per heavy atom. The molecule has 30 heavy (non-hydrogen) atoms. The van der Waals surface area contributed by atoms with Gasteiger partial charge in [0.15, 0.2) is 0 Å². The maximum absolute atomic E-state index is 12.3. The van der Waals surface area contributed by atoms with Gasteiger partial charge in [-0.15, -0.1) is 10.2 Å². The van der Waals surface area contributed by atoms with Crippen LogP contribution in [0.4, 0.5) is 5.13 Å². The van der Waals surface area contributed by atoms with Crippen LogP contribution in [0.2, 0.25) is 0 Å². The zero-order valence-corrected chi connectivity index (χ0v) is 18.2. The monoisotopic (exact) mass is 429 g/mol. The summed E-state index contributed by atoms with van der Waals surface area (Å²) in [6, 6.07) is 7.92. The van der Waals surface area contributed by atoms with E-state index >= 15 is 0 Å². The van der Waals surface area contributed by atoms with Crippen molar-refractivity contribution in [2.75, 3.05) is 18.9 Å². The Labute approximate surface area is 181 Å². The predicted octanol–water partition coefficient (Wildman–Crippen LogP) is 1.80. The molecule has 162 valence electrons. The van der Waals surface area contributed by atoms with Crippen LogP contribution in [-0.2, 0) is 24.1 Å². The molecule has 9 heteroatoms. The van der Waals surface area contributed by atoms with Gasteiger partial charge in [-0.3, -0.25) is 4.79 Å². The second-order valence-electron chi connectivity index (χ2n) is 6.91. The van der Waals surface area contributed by atoms with Crippen molar-refractivity contribution in [3.63, 3.8) is 0 Å². The van der Waals surface area contributed by atoms with Crippen LogP contribution < -0.4 is 27.8 Å². The molecule has 2 rings (SSSR count). The molecular weight excluding hydrogens is 398 g/mol. The molecule has 8 N–H and O–H groups in total. The van der Waals surface area contributed by atoms with Gasteiger partial charge in [0.2, 0.25) is 11.0 Å². The van der Waals surface area contributed by atoms with E-state index in [1.54, 1.807) is 13.1 Å². The van der Waals surface area contributed by atoms with Gasteiger partial charge in [-0.1, -0.05) is 35.6 Å². The standard InChI is InChI=1S/C21H31N7OS/c1-25-18(24)10-9-17(23)7-2-3-8-20-27-28-21(30-20)26-19(29)14-16-6-4-5-15(13-16)11-12-22/h4-6,9-10,13,25H,2-3,7-8,11-12,14,22-24H2,1H3,(H,26,28,29)/b17-9-,18-10+. The van der Waals surface area contributed by atoms with Gasteiger partial charge in [-0.25, -0.2) is 0 Å². The third-order valence-corrected chi connectivity index (χ3v) is 5.27. The lowest BCUT2D eigenvalue weighted by atomic mass is 10.1. The fourth-order valence-electron chi connectivity index (χ4n) is 2.78. The van der Waals surface area contributed by atoms with Gasteiger partial charge in [-0.05, 0) is 55.5 Å². The summed E-state index contributed by atoms with van der Waals surface area (Å²) < 4.78 is 0. The molecule has 2 aromatic rings. The summed E-state index contributed by atoms with van der Waals surface area (Å²) in [5, 5.41) is 15.3. The summed E-state index contributed by atoms with van der Waals surface area (Å²) in [7, 11) is 1.76. The van der Waals surface area contributed by atoms with Crippen molar-refractivity contribution >= 4 is 22.4 Å². The minimum absolute atomic E-state index is 0.102. The van der Waals surface area contributed by atoms with E-state index in [9.17, 15) is 4.79 Å². The molecule has 0 radical (unpaired) electrons. The topological polar surface area (TPSA) is 145 Å². The lowest BCUT2D eigenvalue weighted by Gasteiger charge is -2.04. The summed E-state index contributed by atoms with van der Waals surface area (Å²) in [4.78, 5) is 12.3. The first kappa shape index (κ1) is 23.4. The van der Waals surface area contributed by atoms with E-state index in [4.69, 9.17) is 17.2 Å². The van der Waals surface area contributed by atoms with Crippen LogP contribution in [0.3, 0.4) is 0 Å². The Hall–Kier alpha value is -2.91. The fraction of sp³-hybridized carbons (Fsp3) is 0.381. The summed E-state index contributed by atoms with van der Waals surface area (Å²) in [6.45, 7) is 0.591. The van der Waals surface area contributed by atoms with E-state index < -0.39 is 0 Å². The van der Waals surface area contributed by atoms with Crippen LogP contribution >= 0.6 is 11.3 Å². The lowest BCUT2D eigenvalue weighted by Crippen LogP contribution is -2.14. The summed E-state index contributed by atoms with van der Waals surface area (Å²) >= 11 is 1.41. The number of aryl methyl sites for hydroxylation is 1. The first-order chi connectivity index (χ1) is 14.5. The Kier molecular flexibility index (Phi) is 9.82. The number of hydrogen-bond donors (Lipinski definition) is 5. The molecule has 0 aliphatic carbocycles. The van der Waals surface area contributed by atoms with Crippen LogP contribution in [0, 0.1) is 0 Å². The lowest BCUT2D eigenvalue weighted by molar-refractivity contribution is -0.115. The van der Waals surface area contributed by atoms with Gasteiger partial charge in [0, 0.05) is 19.2 Å². The van der Waals surface area contributed by atoms with Gasteiger partial charge >= 0.3 is 0 Å². The molecule has 0 aliphatic rings. The van der Waals surface area contributed by atoms with Gasteiger partial charge < -0.3 is 27.8 Å². The number of benzene rings is 1. The molecule has 1 aromatic carbocycles. The number of carbonyl (C=O) groups is 1. The smallest absolute Gasteiger partial charge is 0.230 e. The average molecular weight is 430 g/mol. The molecule has 0 fully saturated rings. The summed E-state index contributed by atoms with van der Waals surface area (Å²) in [6.07, 6.45) is 8.14. The minimum Gasteiger partial charge on any atom is -0.402 e. The molecule has 0 unspecified atom stereocenters. The molecule has 1 heterocycles.